The second-order valence-corrected chi connectivity index (χ2v) is 9.48. The Bertz CT molecular complexity index is 1680. The van der Waals surface area contributed by atoms with E-state index in [2.05, 4.69) is 27.4 Å². The van der Waals surface area contributed by atoms with Gasteiger partial charge in [-0.15, -0.1) is 0 Å². The first-order valence-electron chi connectivity index (χ1n) is 12.6. The highest BCUT2D eigenvalue weighted by molar-refractivity contribution is 6.01. The first-order chi connectivity index (χ1) is 18.6. The lowest BCUT2D eigenvalue weighted by molar-refractivity contribution is -0.131. The lowest BCUT2D eigenvalue weighted by Crippen LogP contribution is -2.15. The number of halogens is 1. The number of benzene rings is 3. The molecular formula is C31H25FN4O2. The Balaban J connectivity index is 1.58. The molecule has 0 unspecified atom stereocenters. The highest BCUT2D eigenvalue weighted by Crippen LogP contribution is 2.45. The summed E-state index contributed by atoms with van der Waals surface area (Å²) < 4.78 is 16.4. The summed E-state index contributed by atoms with van der Waals surface area (Å²) in [5.41, 5.74) is 7.55. The molecule has 0 aliphatic heterocycles. The molecule has 2 N–H and O–H groups in total. The van der Waals surface area contributed by atoms with Gasteiger partial charge < -0.3 is 5.11 Å². The van der Waals surface area contributed by atoms with Crippen LogP contribution in [-0.4, -0.2) is 31.1 Å². The zero-order valence-electron chi connectivity index (χ0n) is 20.5. The Labute approximate surface area is 218 Å². The number of carboxylic acids is 1. The highest BCUT2D eigenvalue weighted by Gasteiger charge is 2.28. The summed E-state index contributed by atoms with van der Waals surface area (Å²) in [4.78, 5) is 11.0. The molecule has 38 heavy (non-hydrogen) atoms. The third-order valence-electron chi connectivity index (χ3n) is 7.12. The largest absolute Gasteiger partial charge is 0.478 e. The summed E-state index contributed by atoms with van der Waals surface area (Å²) in [6.07, 6.45) is 9.69. The maximum atomic E-state index is 14.6. The van der Waals surface area contributed by atoms with Crippen molar-refractivity contribution in [2.45, 2.75) is 19.3 Å². The van der Waals surface area contributed by atoms with Crippen molar-refractivity contribution in [1.82, 2.24) is 20.0 Å². The number of nitrogens with zero attached hydrogens (tertiary/aromatic N) is 3. The first-order valence-corrected chi connectivity index (χ1v) is 12.6. The third kappa shape index (κ3) is 4.54. The molecule has 1 aliphatic rings. The molecule has 0 saturated heterocycles. The molecule has 1 saturated carbocycles. The summed E-state index contributed by atoms with van der Waals surface area (Å²) in [6, 6.07) is 23.8. The van der Waals surface area contributed by atoms with Gasteiger partial charge in [0.2, 0.25) is 5.95 Å². The molecule has 0 atom stereocenters. The van der Waals surface area contributed by atoms with E-state index in [1.807, 2.05) is 71.5 Å². The molecule has 0 spiro atoms. The fourth-order valence-electron chi connectivity index (χ4n) is 5.06. The number of fused-ring (bicyclic) bond motifs is 1. The smallest absolute Gasteiger partial charge is 0.328 e. The summed E-state index contributed by atoms with van der Waals surface area (Å²) in [5.74, 6) is -1.09. The van der Waals surface area contributed by atoms with Crippen LogP contribution < -0.4 is 0 Å². The molecule has 7 heteroatoms. The second-order valence-electron chi connectivity index (χ2n) is 9.48. The van der Waals surface area contributed by atoms with Crippen LogP contribution in [0, 0.1) is 11.9 Å². The van der Waals surface area contributed by atoms with Crippen molar-refractivity contribution in [2.24, 2.45) is 5.92 Å². The van der Waals surface area contributed by atoms with Gasteiger partial charge in [-0.05, 0) is 88.6 Å². The van der Waals surface area contributed by atoms with E-state index in [0.717, 1.165) is 58.9 Å². The van der Waals surface area contributed by atoms with Crippen molar-refractivity contribution in [3.05, 3.63) is 119 Å². The number of aromatic amines is 1. The predicted molar refractivity (Wildman–Crippen MR) is 146 cm³/mol. The van der Waals surface area contributed by atoms with Crippen molar-refractivity contribution in [3.63, 3.8) is 0 Å². The van der Waals surface area contributed by atoms with Crippen LogP contribution >= 0.6 is 0 Å². The normalized spacial score (nSPS) is 14.6. The quantitative estimate of drug-likeness (QED) is 0.190. The zero-order chi connectivity index (χ0) is 26.1. The van der Waals surface area contributed by atoms with Crippen LogP contribution in [0.1, 0.15) is 41.5 Å². The molecule has 3 aromatic carbocycles. The fourth-order valence-corrected chi connectivity index (χ4v) is 5.06. The van der Waals surface area contributed by atoms with E-state index in [0.29, 0.717) is 16.8 Å². The molecule has 6 nitrogen and oxygen atoms in total. The Morgan fingerprint density at radius 1 is 1.00 bits per heavy atom. The van der Waals surface area contributed by atoms with Crippen molar-refractivity contribution in [3.8, 4) is 5.69 Å². The molecule has 0 bridgehead atoms. The van der Waals surface area contributed by atoms with Gasteiger partial charge >= 0.3 is 5.97 Å². The Morgan fingerprint density at radius 2 is 1.82 bits per heavy atom. The van der Waals surface area contributed by atoms with Crippen molar-refractivity contribution in [2.75, 3.05) is 0 Å². The minimum Gasteiger partial charge on any atom is -0.478 e. The van der Waals surface area contributed by atoms with Crippen LogP contribution in [0.3, 0.4) is 0 Å². The number of aliphatic carboxylic acids is 1. The Morgan fingerprint density at radius 3 is 2.53 bits per heavy atom. The monoisotopic (exact) mass is 504 g/mol. The molecule has 2 heterocycles. The molecular weight excluding hydrogens is 479 g/mol. The van der Waals surface area contributed by atoms with E-state index >= 15 is 0 Å². The number of rotatable bonds is 7. The van der Waals surface area contributed by atoms with Gasteiger partial charge in [-0.2, -0.15) is 14.6 Å². The SMILES string of the molecule is O=C(O)/C=C/c1ccc(/C(=C(\c2cccc(-n3cccn3)c2)C2CCC2)c2ccc3n[nH]c(F)c3c2)cc1. The van der Waals surface area contributed by atoms with Crippen LogP contribution in [0.5, 0.6) is 0 Å². The minimum atomic E-state index is -0.991. The Kier molecular flexibility index (Phi) is 6.17. The van der Waals surface area contributed by atoms with Gasteiger partial charge in [0.25, 0.3) is 0 Å². The van der Waals surface area contributed by atoms with Crippen molar-refractivity contribution >= 4 is 34.1 Å². The maximum Gasteiger partial charge on any atom is 0.328 e. The lowest BCUT2D eigenvalue weighted by Gasteiger charge is -2.32. The van der Waals surface area contributed by atoms with E-state index < -0.39 is 11.9 Å². The van der Waals surface area contributed by atoms with Crippen LogP contribution in [0.4, 0.5) is 4.39 Å². The summed E-state index contributed by atoms with van der Waals surface area (Å²) in [6.45, 7) is 0. The van der Waals surface area contributed by atoms with Crippen LogP contribution in [0.15, 0.2) is 91.3 Å². The van der Waals surface area contributed by atoms with Crippen LogP contribution in [0.25, 0.3) is 33.8 Å². The van der Waals surface area contributed by atoms with E-state index in [9.17, 15) is 9.18 Å². The molecule has 6 rings (SSSR count). The average Bonchev–Trinajstić information content (AvgIpc) is 3.57. The van der Waals surface area contributed by atoms with Crippen molar-refractivity contribution in [1.29, 1.82) is 0 Å². The molecule has 1 fully saturated rings. The number of nitrogens with one attached hydrogen (secondary N) is 1. The predicted octanol–water partition coefficient (Wildman–Crippen LogP) is 6.74. The van der Waals surface area contributed by atoms with Crippen LogP contribution in [-0.2, 0) is 4.79 Å². The molecule has 5 aromatic rings. The summed E-state index contributed by atoms with van der Waals surface area (Å²) >= 11 is 0. The van der Waals surface area contributed by atoms with E-state index in [1.165, 1.54) is 5.57 Å². The van der Waals surface area contributed by atoms with Gasteiger partial charge in [0.15, 0.2) is 0 Å². The van der Waals surface area contributed by atoms with E-state index in [1.54, 1.807) is 12.3 Å². The number of hydrogen-bond donors (Lipinski definition) is 2. The van der Waals surface area contributed by atoms with Gasteiger partial charge in [-0.25, -0.2) is 9.48 Å². The number of carboxylic acid groups (broad SMARTS) is 1. The van der Waals surface area contributed by atoms with Gasteiger partial charge in [-0.1, -0.05) is 48.9 Å². The summed E-state index contributed by atoms with van der Waals surface area (Å²) in [5, 5.41) is 20.4. The van der Waals surface area contributed by atoms with Crippen LogP contribution in [0.2, 0.25) is 0 Å². The molecule has 2 aromatic heterocycles. The van der Waals surface area contributed by atoms with E-state index in [-0.39, 0.29) is 0 Å². The standard InChI is InChI=1S/C31H25FN4O2/c32-31-26-19-24(13-14-27(26)34-35-31)30(22-11-8-20(9-12-22)10-15-28(37)38)29(21-4-1-5-21)23-6-2-7-25(18-23)36-17-3-16-33-36/h2-3,6-19,21H,1,4-5H2,(H,34,35)(H,37,38)/b15-10+,30-29+. The zero-order valence-corrected chi connectivity index (χ0v) is 20.5. The number of aromatic nitrogens is 4. The molecule has 188 valence electrons. The fraction of sp³-hybridized carbons (Fsp3) is 0.129. The molecule has 0 amide bonds. The highest BCUT2D eigenvalue weighted by atomic mass is 19.1. The third-order valence-corrected chi connectivity index (χ3v) is 7.12. The number of H-pyrrole nitrogens is 1. The minimum absolute atomic E-state index is 0.356. The van der Waals surface area contributed by atoms with Gasteiger partial charge in [-0.3, -0.25) is 5.10 Å². The maximum absolute atomic E-state index is 14.6. The topological polar surface area (TPSA) is 83.8 Å². The first kappa shape index (κ1) is 23.6. The lowest BCUT2D eigenvalue weighted by atomic mass is 9.73. The second kappa shape index (κ2) is 9.94. The Hall–Kier alpha value is -4.78. The average molecular weight is 505 g/mol. The van der Waals surface area contributed by atoms with Gasteiger partial charge in [0.05, 0.1) is 16.6 Å². The van der Waals surface area contributed by atoms with E-state index in [4.69, 9.17) is 5.11 Å². The number of hydrogen-bond acceptors (Lipinski definition) is 3. The molecule has 0 radical (unpaired) electrons. The van der Waals surface area contributed by atoms with Gasteiger partial charge in [0, 0.05) is 18.5 Å². The van der Waals surface area contributed by atoms with Gasteiger partial charge in [0.1, 0.15) is 0 Å². The number of allylic oxidation sites excluding steroid dienone is 1. The number of carbonyl (C=O) groups is 1. The van der Waals surface area contributed by atoms with Crippen molar-refractivity contribution < 1.29 is 14.3 Å². The molecule has 1 aliphatic carbocycles. The summed E-state index contributed by atoms with van der Waals surface area (Å²) in [7, 11) is 0.